The van der Waals surface area contributed by atoms with E-state index in [9.17, 15) is 0 Å². The lowest BCUT2D eigenvalue weighted by molar-refractivity contribution is 0.393. The maximum Gasteiger partial charge on any atom is 0.0414 e. The van der Waals surface area contributed by atoms with Crippen LogP contribution in [0.3, 0.4) is 0 Å². The molecule has 1 saturated heterocycles. The number of para-hydroxylation sites is 1. The van der Waals surface area contributed by atoms with Gasteiger partial charge in [0.2, 0.25) is 0 Å². The van der Waals surface area contributed by atoms with Crippen molar-refractivity contribution in [3.8, 4) is 0 Å². The van der Waals surface area contributed by atoms with Crippen molar-refractivity contribution in [1.82, 2.24) is 5.32 Å². The summed E-state index contributed by atoms with van der Waals surface area (Å²) in [6.07, 6.45) is 5.16. The summed E-state index contributed by atoms with van der Waals surface area (Å²) in [5.41, 5.74) is 4.26. The predicted molar refractivity (Wildman–Crippen MR) is 113 cm³/mol. The fourth-order valence-electron chi connectivity index (χ4n) is 4.10. The molecule has 2 atom stereocenters. The molecular weight excluding hydrogens is 316 g/mol. The van der Waals surface area contributed by atoms with Crippen LogP contribution in [0.2, 0.25) is 0 Å². The van der Waals surface area contributed by atoms with Crippen molar-refractivity contribution < 1.29 is 0 Å². The third kappa shape index (κ3) is 4.88. The smallest absolute Gasteiger partial charge is 0.0414 e. The number of nitrogens with one attached hydrogen (secondary N) is 1. The molecule has 1 aliphatic rings. The van der Waals surface area contributed by atoms with Gasteiger partial charge in [0.05, 0.1) is 0 Å². The molecule has 1 N–H and O–H groups in total. The lowest BCUT2D eigenvalue weighted by Crippen LogP contribution is -2.33. The molecule has 3 rings (SSSR count). The third-order valence-corrected chi connectivity index (χ3v) is 5.47. The van der Waals surface area contributed by atoms with E-state index in [4.69, 9.17) is 0 Å². The molecule has 2 aromatic rings. The summed E-state index contributed by atoms with van der Waals surface area (Å²) < 4.78 is 0. The first-order valence-electron chi connectivity index (χ1n) is 10.3. The fourth-order valence-corrected chi connectivity index (χ4v) is 4.10. The predicted octanol–water partition coefficient (Wildman–Crippen LogP) is 6.11. The second-order valence-corrected chi connectivity index (χ2v) is 8.09. The Balaban J connectivity index is 1.85. The molecule has 2 nitrogen and oxygen atoms in total. The van der Waals surface area contributed by atoms with E-state index in [0.717, 1.165) is 6.42 Å². The Kier molecular flexibility index (Phi) is 6.73. The van der Waals surface area contributed by atoms with E-state index in [1.54, 1.807) is 0 Å². The average molecular weight is 351 g/mol. The highest BCUT2D eigenvalue weighted by Gasteiger charge is 2.22. The summed E-state index contributed by atoms with van der Waals surface area (Å²) in [7, 11) is 0. The van der Waals surface area contributed by atoms with Crippen LogP contribution in [-0.2, 0) is 0 Å². The van der Waals surface area contributed by atoms with Gasteiger partial charge in [0.1, 0.15) is 0 Å². The molecule has 0 amide bonds. The van der Waals surface area contributed by atoms with Crippen molar-refractivity contribution in [2.45, 2.75) is 58.5 Å². The van der Waals surface area contributed by atoms with Gasteiger partial charge < -0.3 is 10.2 Å². The maximum atomic E-state index is 3.93. The summed E-state index contributed by atoms with van der Waals surface area (Å²) in [5, 5.41) is 3.93. The molecule has 0 radical (unpaired) electrons. The van der Waals surface area contributed by atoms with Gasteiger partial charge in [-0.2, -0.15) is 0 Å². The van der Waals surface area contributed by atoms with Gasteiger partial charge in [0.15, 0.2) is 0 Å². The van der Waals surface area contributed by atoms with Crippen molar-refractivity contribution in [1.29, 1.82) is 0 Å². The van der Waals surface area contributed by atoms with Gasteiger partial charge in [-0.25, -0.2) is 0 Å². The summed E-state index contributed by atoms with van der Waals surface area (Å²) in [5.74, 6) is 0.657. The highest BCUT2D eigenvalue weighted by atomic mass is 15.1. The molecule has 0 saturated carbocycles. The topological polar surface area (TPSA) is 15.3 Å². The van der Waals surface area contributed by atoms with Crippen LogP contribution in [0.1, 0.15) is 69.7 Å². The van der Waals surface area contributed by atoms with Gasteiger partial charge in [0, 0.05) is 30.9 Å². The SMILES string of the molecule is CC(C)C[C@H](N[C@H](C)c1ccccc1)c1ccccc1N1CCCCC1. The number of anilines is 1. The minimum Gasteiger partial charge on any atom is -0.371 e. The Morgan fingerprint density at radius 1 is 0.846 bits per heavy atom. The molecule has 2 heteroatoms. The molecule has 1 fully saturated rings. The highest BCUT2D eigenvalue weighted by molar-refractivity contribution is 5.55. The molecule has 0 unspecified atom stereocenters. The van der Waals surface area contributed by atoms with Crippen molar-refractivity contribution in [3.63, 3.8) is 0 Å². The minimum atomic E-state index is 0.342. The van der Waals surface area contributed by atoms with Crippen molar-refractivity contribution >= 4 is 5.69 Å². The Morgan fingerprint density at radius 3 is 2.19 bits per heavy atom. The van der Waals surface area contributed by atoms with Gasteiger partial charge in [0.25, 0.3) is 0 Å². The van der Waals surface area contributed by atoms with Crippen LogP contribution < -0.4 is 10.2 Å². The molecule has 140 valence electrons. The van der Waals surface area contributed by atoms with Crippen molar-refractivity contribution in [2.75, 3.05) is 18.0 Å². The zero-order chi connectivity index (χ0) is 18.4. The van der Waals surface area contributed by atoms with E-state index < -0.39 is 0 Å². The zero-order valence-electron chi connectivity index (χ0n) is 16.6. The highest BCUT2D eigenvalue weighted by Crippen LogP contribution is 2.33. The Morgan fingerprint density at radius 2 is 1.50 bits per heavy atom. The number of benzene rings is 2. The van der Waals surface area contributed by atoms with Gasteiger partial charge in [-0.3, -0.25) is 0 Å². The second kappa shape index (κ2) is 9.23. The summed E-state index contributed by atoms with van der Waals surface area (Å²) in [4.78, 5) is 2.60. The van der Waals surface area contributed by atoms with Gasteiger partial charge in [-0.05, 0) is 55.7 Å². The molecule has 0 spiro atoms. The second-order valence-electron chi connectivity index (χ2n) is 8.09. The monoisotopic (exact) mass is 350 g/mol. The Hall–Kier alpha value is -1.80. The van der Waals surface area contributed by atoms with Crippen LogP contribution >= 0.6 is 0 Å². The summed E-state index contributed by atoms with van der Waals surface area (Å²) in [6.45, 7) is 9.32. The quantitative estimate of drug-likeness (QED) is 0.647. The number of hydrogen-bond donors (Lipinski definition) is 1. The van der Waals surface area contributed by atoms with Crippen molar-refractivity contribution in [2.24, 2.45) is 5.92 Å². The zero-order valence-corrected chi connectivity index (χ0v) is 16.6. The van der Waals surface area contributed by atoms with E-state index in [0.29, 0.717) is 18.0 Å². The van der Waals surface area contributed by atoms with Crippen LogP contribution in [0.25, 0.3) is 0 Å². The van der Waals surface area contributed by atoms with Crippen LogP contribution in [-0.4, -0.2) is 13.1 Å². The number of rotatable bonds is 7. The molecule has 1 heterocycles. The lowest BCUT2D eigenvalue weighted by atomic mass is 9.93. The molecule has 26 heavy (non-hydrogen) atoms. The molecular formula is C24H34N2. The van der Waals surface area contributed by atoms with Crippen LogP contribution in [0.5, 0.6) is 0 Å². The minimum absolute atomic E-state index is 0.342. The van der Waals surface area contributed by atoms with E-state index in [-0.39, 0.29) is 0 Å². The van der Waals surface area contributed by atoms with E-state index in [2.05, 4.69) is 85.6 Å². The first-order chi connectivity index (χ1) is 12.6. The third-order valence-electron chi connectivity index (χ3n) is 5.47. The van der Waals surface area contributed by atoms with Gasteiger partial charge in [-0.15, -0.1) is 0 Å². The summed E-state index contributed by atoms with van der Waals surface area (Å²) in [6, 6.07) is 20.6. The molecule has 2 aromatic carbocycles. The van der Waals surface area contributed by atoms with E-state index >= 15 is 0 Å². The first-order valence-corrected chi connectivity index (χ1v) is 10.3. The number of piperidine rings is 1. The van der Waals surface area contributed by atoms with Gasteiger partial charge in [-0.1, -0.05) is 62.4 Å². The normalized spacial score (nSPS) is 17.3. The first kappa shape index (κ1) is 19.0. The molecule has 0 aliphatic carbocycles. The van der Waals surface area contributed by atoms with E-state index in [1.807, 2.05) is 0 Å². The van der Waals surface area contributed by atoms with Crippen LogP contribution in [0, 0.1) is 5.92 Å². The Bertz CT molecular complexity index is 659. The Labute approximate surface area is 159 Å². The largest absolute Gasteiger partial charge is 0.371 e. The molecule has 1 aliphatic heterocycles. The lowest BCUT2D eigenvalue weighted by Gasteiger charge is -2.34. The number of hydrogen-bond acceptors (Lipinski definition) is 2. The van der Waals surface area contributed by atoms with Gasteiger partial charge >= 0.3 is 0 Å². The molecule has 0 aromatic heterocycles. The molecule has 0 bridgehead atoms. The van der Waals surface area contributed by atoms with Crippen LogP contribution in [0.4, 0.5) is 5.69 Å². The van der Waals surface area contributed by atoms with Crippen LogP contribution in [0.15, 0.2) is 54.6 Å². The standard InChI is InChI=1S/C24H34N2/c1-19(2)18-23(25-20(3)21-12-6-4-7-13-21)22-14-8-9-15-24(22)26-16-10-5-11-17-26/h4,6-9,12-15,19-20,23,25H,5,10-11,16-18H2,1-3H3/t20-,23+/m1/s1. The van der Waals surface area contributed by atoms with E-state index in [1.165, 1.54) is 49.2 Å². The summed E-state index contributed by atoms with van der Waals surface area (Å²) >= 11 is 0. The number of nitrogens with zero attached hydrogens (tertiary/aromatic N) is 1. The average Bonchev–Trinajstić information content (AvgIpc) is 2.68. The van der Waals surface area contributed by atoms with Crippen molar-refractivity contribution in [3.05, 3.63) is 65.7 Å². The maximum absolute atomic E-state index is 3.93. The fraction of sp³-hybridized carbons (Fsp3) is 0.500.